The molecule has 2 aliphatic rings. The second-order valence-electron chi connectivity index (χ2n) is 5.98. The molecule has 1 N–H and O–H groups in total. The molecule has 2 fully saturated rings. The molecule has 1 heterocycles. The summed E-state index contributed by atoms with van der Waals surface area (Å²) >= 11 is 0. The predicted octanol–water partition coefficient (Wildman–Crippen LogP) is 2.12. The maximum Gasteiger partial charge on any atom is 0.226 e. The predicted molar refractivity (Wildman–Crippen MR) is 66.1 cm³/mol. The van der Waals surface area contributed by atoms with Crippen LogP contribution in [0.25, 0.3) is 0 Å². The summed E-state index contributed by atoms with van der Waals surface area (Å²) in [5, 5.41) is 12.3. The van der Waals surface area contributed by atoms with Crippen LogP contribution in [0.5, 0.6) is 0 Å². The first kappa shape index (κ1) is 12.4. The second-order valence-corrected chi connectivity index (χ2v) is 5.98. The maximum absolute atomic E-state index is 12.3. The summed E-state index contributed by atoms with van der Waals surface area (Å²) in [5.41, 5.74) is 1.05. The number of likely N-dealkylation sites (tertiary alicyclic amines) is 1. The van der Waals surface area contributed by atoms with E-state index in [1.807, 2.05) is 4.90 Å². The Bertz CT molecular complexity index is 349. The molecular formula is C13H22N2O2. The molecule has 0 bridgehead atoms. The van der Waals surface area contributed by atoms with Crippen molar-refractivity contribution in [3.05, 3.63) is 0 Å². The molecule has 0 aromatic heterocycles. The lowest BCUT2D eigenvalue weighted by Crippen LogP contribution is -2.45. The van der Waals surface area contributed by atoms with Crippen LogP contribution in [-0.2, 0) is 4.79 Å². The van der Waals surface area contributed by atoms with Crippen molar-refractivity contribution in [2.24, 2.45) is 22.4 Å². The molecule has 2 atom stereocenters. The average molecular weight is 238 g/mol. The Balaban J connectivity index is 1.98. The van der Waals surface area contributed by atoms with E-state index in [0.717, 1.165) is 25.1 Å². The summed E-state index contributed by atoms with van der Waals surface area (Å²) in [6.07, 6.45) is 2.66. The van der Waals surface area contributed by atoms with Crippen LogP contribution in [0.3, 0.4) is 0 Å². The van der Waals surface area contributed by atoms with Gasteiger partial charge in [0.15, 0.2) is 0 Å². The zero-order valence-electron chi connectivity index (χ0n) is 10.9. The SMILES string of the molecule is CCC1CN(C(=O)C2CC2(C)C)CCC1=NO. The molecule has 0 aromatic rings. The molecule has 4 heteroatoms. The molecule has 1 aliphatic carbocycles. The van der Waals surface area contributed by atoms with Gasteiger partial charge in [-0.2, -0.15) is 0 Å². The zero-order valence-corrected chi connectivity index (χ0v) is 10.9. The Hall–Kier alpha value is -1.06. The van der Waals surface area contributed by atoms with E-state index in [9.17, 15) is 4.79 Å². The van der Waals surface area contributed by atoms with E-state index in [1.54, 1.807) is 0 Å². The fourth-order valence-electron chi connectivity index (χ4n) is 2.72. The largest absolute Gasteiger partial charge is 0.411 e. The lowest BCUT2D eigenvalue weighted by molar-refractivity contribution is -0.134. The van der Waals surface area contributed by atoms with E-state index in [4.69, 9.17) is 5.21 Å². The number of rotatable bonds is 2. The summed E-state index contributed by atoms with van der Waals surface area (Å²) in [4.78, 5) is 14.2. The van der Waals surface area contributed by atoms with Crippen molar-refractivity contribution in [2.45, 2.75) is 40.0 Å². The van der Waals surface area contributed by atoms with Gasteiger partial charge in [0.05, 0.1) is 5.71 Å². The highest BCUT2D eigenvalue weighted by atomic mass is 16.4. The highest BCUT2D eigenvalue weighted by molar-refractivity contribution is 5.90. The minimum Gasteiger partial charge on any atom is -0.411 e. The minimum absolute atomic E-state index is 0.199. The van der Waals surface area contributed by atoms with E-state index in [2.05, 4.69) is 25.9 Å². The Kier molecular flexibility index (Phi) is 3.15. The van der Waals surface area contributed by atoms with Crippen LogP contribution in [0.1, 0.15) is 40.0 Å². The molecule has 2 unspecified atom stereocenters. The number of carbonyl (C=O) groups excluding carboxylic acids is 1. The van der Waals surface area contributed by atoms with Crippen LogP contribution < -0.4 is 0 Å². The Morgan fingerprint density at radius 2 is 2.24 bits per heavy atom. The molecule has 1 amide bonds. The van der Waals surface area contributed by atoms with Gasteiger partial charge in [-0.1, -0.05) is 25.9 Å². The van der Waals surface area contributed by atoms with Gasteiger partial charge in [-0.05, 0) is 18.3 Å². The van der Waals surface area contributed by atoms with Crippen molar-refractivity contribution in [1.29, 1.82) is 0 Å². The molecule has 4 nitrogen and oxygen atoms in total. The van der Waals surface area contributed by atoms with Gasteiger partial charge in [0.2, 0.25) is 5.91 Å². The number of amides is 1. The van der Waals surface area contributed by atoms with E-state index in [0.29, 0.717) is 18.9 Å². The number of nitrogens with zero attached hydrogens (tertiary/aromatic N) is 2. The zero-order chi connectivity index (χ0) is 12.6. The topological polar surface area (TPSA) is 52.9 Å². The number of carbonyl (C=O) groups is 1. The molecule has 1 saturated heterocycles. The molecule has 0 radical (unpaired) electrons. The summed E-state index contributed by atoms with van der Waals surface area (Å²) in [6, 6.07) is 0. The third kappa shape index (κ3) is 2.31. The molecule has 96 valence electrons. The first-order valence-electron chi connectivity index (χ1n) is 6.49. The van der Waals surface area contributed by atoms with Gasteiger partial charge in [-0.25, -0.2) is 0 Å². The van der Waals surface area contributed by atoms with Crippen molar-refractivity contribution < 1.29 is 10.0 Å². The van der Waals surface area contributed by atoms with Crippen LogP contribution in [0.2, 0.25) is 0 Å². The van der Waals surface area contributed by atoms with Crippen LogP contribution >= 0.6 is 0 Å². The second kappa shape index (κ2) is 4.31. The number of piperidine rings is 1. The summed E-state index contributed by atoms with van der Waals surface area (Å²) in [7, 11) is 0. The Morgan fingerprint density at radius 3 is 2.71 bits per heavy atom. The summed E-state index contributed by atoms with van der Waals surface area (Å²) in [5.74, 6) is 0.748. The normalized spacial score (nSPS) is 33.8. The Morgan fingerprint density at radius 1 is 1.59 bits per heavy atom. The molecule has 1 saturated carbocycles. The van der Waals surface area contributed by atoms with Crippen LogP contribution in [-0.4, -0.2) is 34.8 Å². The van der Waals surface area contributed by atoms with Crippen molar-refractivity contribution in [1.82, 2.24) is 4.90 Å². The monoisotopic (exact) mass is 238 g/mol. The highest BCUT2D eigenvalue weighted by Gasteiger charge is 2.52. The standard InChI is InChI=1S/C13H22N2O2/c1-4-9-8-15(6-5-11(9)14-17)12(16)10-7-13(10,2)3/h9-10,17H,4-8H2,1-3H3. The average Bonchev–Trinajstić information content (AvgIpc) is 2.96. The molecule has 2 rings (SSSR count). The van der Waals surface area contributed by atoms with Crippen molar-refractivity contribution in [2.75, 3.05) is 13.1 Å². The van der Waals surface area contributed by atoms with Gasteiger partial charge in [0.25, 0.3) is 0 Å². The van der Waals surface area contributed by atoms with Crippen molar-refractivity contribution >= 4 is 11.6 Å². The fraction of sp³-hybridized carbons (Fsp3) is 0.846. The van der Waals surface area contributed by atoms with Gasteiger partial charge in [0.1, 0.15) is 0 Å². The van der Waals surface area contributed by atoms with Gasteiger partial charge < -0.3 is 10.1 Å². The molecule has 17 heavy (non-hydrogen) atoms. The fourth-order valence-corrected chi connectivity index (χ4v) is 2.72. The number of hydrogen-bond acceptors (Lipinski definition) is 3. The maximum atomic E-state index is 12.3. The lowest BCUT2D eigenvalue weighted by Gasteiger charge is -2.33. The first-order valence-corrected chi connectivity index (χ1v) is 6.49. The molecule has 1 aliphatic heterocycles. The summed E-state index contributed by atoms with van der Waals surface area (Å²) in [6.45, 7) is 7.81. The first-order chi connectivity index (χ1) is 7.99. The van der Waals surface area contributed by atoms with E-state index in [1.165, 1.54) is 0 Å². The van der Waals surface area contributed by atoms with Gasteiger partial charge >= 0.3 is 0 Å². The van der Waals surface area contributed by atoms with E-state index >= 15 is 0 Å². The molecular weight excluding hydrogens is 216 g/mol. The van der Waals surface area contributed by atoms with E-state index < -0.39 is 0 Å². The lowest BCUT2D eigenvalue weighted by atomic mass is 9.92. The van der Waals surface area contributed by atoms with E-state index in [-0.39, 0.29) is 17.3 Å². The van der Waals surface area contributed by atoms with Crippen molar-refractivity contribution in [3.63, 3.8) is 0 Å². The van der Waals surface area contributed by atoms with Crippen LogP contribution in [0, 0.1) is 17.3 Å². The van der Waals surface area contributed by atoms with Gasteiger partial charge in [-0.15, -0.1) is 0 Å². The molecule has 0 spiro atoms. The number of hydrogen-bond donors (Lipinski definition) is 1. The van der Waals surface area contributed by atoms with Crippen LogP contribution in [0.4, 0.5) is 0 Å². The van der Waals surface area contributed by atoms with Gasteiger partial charge in [0, 0.05) is 31.3 Å². The highest BCUT2D eigenvalue weighted by Crippen LogP contribution is 2.52. The van der Waals surface area contributed by atoms with Gasteiger partial charge in [-0.3, -0.25) is 4.79 Å². The summed E-state index contributed by atoms with van der Waals surface area (Å²) < 4.78 is 0. The van der Waals surface area contributed by atoms with Crippen LogP contribution in [0.15, 0.2) is 5.16 Å². The third-order valence-corrected chi connectivity index (χ3v) is 4.29. The smallest absolute Gasteiger partial charge is 0.226 e. The Labute approximate surface area is 103 Å². The van der Waals surface area contributed by atoms with Crippen molar-refractivity contribution in [3.8, 4) is 0 Å². The quantitative estimate of drug-likeness (QED) is 0.592. The minimum atomic E-state index is 0.199. The third-order valence-electron chi connectivity index (χ3n) is 4.29. The number of oxime groups is 1. The molecule has 0 aromatic carbocycles.